The van der Waals surface area contributed by atoms with Gasteiger partial charge in [0.2, 0.25) is 0 Å². The Kier molecular flexibility index (Phi) is 5.49. The molecule has 0 unspecified atom stereocenters. The topological polar surface area (TPSA) is 135 Å². The van der Waals surface area contributed by atoms with Gasteiger partial charge >= 0.3 is 12.2 Å². The van der Waals surface area contributed by atoms with E-state index in [1.54, 1.807) is 37.3 Å². The number of hydrogen-bond donors (Lipinski definition) is 3. The largest absolute Gasteiger partial charge is 0.465 e. The molecule has 0 fully saturated rings. The number of amides is 2. The first-order chi connectivity index (χ1) is 13.7. The van der Waals surface area contributed by atoms with Crippen molar-refractivity contribution in [1.82, 2.24) is 0 Å². The van der Waals surface area contributed by atoms with Crippen molar-refractivity contribution in [2.45, 2.75) is 17.9 Å². The highest BCUT2D eigenvalue weighted by molar-refractivity contribution is 7.91. The third-order valence-corrected chi connectivity index (χ3v) is 6.47. The van der Waals surface area contributed by atoms with Crippen LogP contribution in [0.1, 0.15) is 6.92 Å². The van der Waals surface area contributed by atoms with Gasteiger partial charge in [-0.15, -0.1) is 0 Å². The number of sulfone groups is 1. The number of fused-ring (bicyclic) bond motifs is 1. The van der Waals surface area contributed by atoms with Gasteiger partial charge in [-0.25, -0.2) is 18.0 Å². The van der Waals surface area contributed by atoms with Gasteiger partial charge in [-0.3, -0.25) is 9.80 Å². The highest BCUT2D eigenvalue weighted by atomic mass is 32.2. The average molecular weight is 420 g/mol. The molecule has 3 rings (SSSR count). The lowest BCUT2D eigenvalue weighted by Gasteiger charge is -2.38. The van der Waals surface area contributed by atoms with Crippen LogP contribution in [-0.2, 0) is 9.84 Å². The fourth-order valence-corrected chi connectivity index (χ4v) is 4.40. The van der Waals surface area contributed by atoms with Crippen molar-refractivity contribution >= 4 is 33.4 Å². The van der Waals surface area contributed by atoms with Crippen LogP contribution < -0.4 is 9.80 Å². The molecule has 0 saturated carbocycles. The monoisotopic (exact) mass is 420 g/mol. The normalized spacial score (nSPS) is 16.4. The number of carbonyl (C=O) groups is 2. The molecule has 2 amide bonds. The van der Waals surface area contributed by atoms with E-state index in [4.69, 9.17) is 5.11 Å². The van der Waals surface area contributed by atoms with Crippen molar-refractivity contribution in [1.29, 1.82) is 0 Å². The van der Waals surface area contributed by atoms with Crippen molar-refractivity contribution in [2.75, 3.05) is 28.7 Å². The van der Waals surface area contributed by atoms with Crippen LogP contribution in [-0.4, -0.2) is 60.9 Å². The van der Waals surface area contributed by atoms with Gasteiger partial charge in [0.1, 0.15) is 0 Å². The molecule has 2 aromatic rings. The van der Waals surface area contributed by atoms with Crippen molar-refractivity contribution < 1.29 is 33.3 Å². The predicted octanol–water partition coefficient (Wildman–Crippen LogP) is 2.49. The van der Waals surface area contributed by atoms with Crippen LogP contribution in [0.4, 0.5) is 21.0 Å². The molecule has 10 heteroatoms. The van der Waals surface area contributed by atoms with Crippen molar-refractivity contribution in [2.24, 2.45) is 0 Å². The van der Waals surface area contributed by atoms with Gasteiger partial charge < -0.3 is 15.3 Å². The van der Waals surface area contributed by atoms with Gasteiger partial charge in [-0.1, -0.05) is 18.2 Å². The molecule has 29 heavy (non-hydrogen) atoms. The smallest absolute Gasteiger partial charge is 0.412 e. The van der Waals surface area contributed by atoms with E-state index < -0.39 is 34.7 Å². The van der Waals surface area contributed by atoms with Gasteiger partial charge in [0, 0.05) is 0 Å². The zero-order valence-electron chi connectivity index (χ0n) is 15.5. The average Bonchev–Trinajstić information content (AvgIpc) is 2.66. The molecule has 154 valence electrons. The van der Waals surface area contributed by atoms with Crippen molar-refractivity contribution in [3.05, 3.63) is 42.5 Å². The first kappa shape index (κ1) is 20.6. The Labute approximate surface area is 167 Å². The number of benzene rings is 2. The number of hydrogen-bond acceptors (Lipinski definition) is 5. The number of carboxylic acid groups (broad SMARTS) is 2. The fourth-order valence-electron chi connectivity index (χ4n) is 3.37. The summed E-state index contributed by atoms with van der Waals surface area (Å²) < 4.78 is 24.1. The summed E-state index contributed by atoms with van der Waals surface area (Å²) in [5, 5.41) is 27.9. The second-order valence-electron chi connectivity index (χ2n) is 6.67. The molecule has 0 bridgehead atoms. The van der Waals surface area contributed by atoms with Gasteiger partial charge in [0.05, 0.1) is 41.2 Å². The molecule has 1 atom stereocenters. The SMILES string of the molecule is C[C@H]1CN(C(=O)O)c2cc(-c3ccc(S(=O)(=O)CCO)cc3)ccc2N1C(=O)O. The van der Waals surface area contributed by atoms with Crippen LogP contribution in [0, 0.1) is 0 Å². The van der Waals surface area contributed by atoms with Crippen molar-refractivity contribution in [3.63, 3.8) is 0 Å². The van der Waals surface area contributed by atoms with Gasteiger partial charge in [0.25, 0.3) is 0 Å². The zero-order chi connectivity index (χ0) is 21.3. The number of anilines is 2. The third kappa shape index (κ3) is 3.89. The number of nitrogens with zero attached hydrogens (tertiary/aromatic N) is 2. The molecule has 0 aromatic heterocycles. The molecule has 3 N–H and O–H groups in total. The fraction of sp³-hybridized carbons (Fsp3) is 0.263. The lowest BCUT2D eigenvalue weighted by molar-refractivity contribution is 0.194. The van der Waals surface area contributed by atoms with Crippen LogP contribution in [0.15, 0.2) is 47.4 Å². The van der Waals surface area contributed by atoms with Crippen molar-refractivity contribution in [3.8, 4) is 11.1 Å². The Hall–Kier alpha value is -3.11. The standard InChI is InChI=1S/C19H20N2O7S/c1-12-11-20(18(23)24)17-10-14(4-7-16(17)21(12)19(25)26)13-2-5-15(6-3-13)29(27,28)9-8-22/h2-7,10,12,22H,8-9,11H2,1H3,(H,23,24)(H,25,26)/t12-/m0/s1. The van der Waals surface area contributed by atoms with Gasteiger partial charge in [-0.2, -0.15) is 0 Å². The maximum absolute atomic E-state index is 12.0. The van der Waals surface area contributed by atoms with Crippen LogP contribution in [0.5, 0.6) is 0 Å². The summed E-state index contributed by atoms with van der Waals surface area (Å²) in [7, 11) is -3.57. The summed E-state index contributed by atoms with van der Waals surface area (Å²) in [6.07, 6.45) is -2.36. The summed E-state index contributed by atoms with van der Waals surface area (Å²) in [6.45, 7) is 1.15. The van der Waals surface area contributed by atoms with E-state index in [1.807, 2.05) is 0 Å². The molecule has 0 spiro atoms. The molecule has 1 aliphatic heterocycles. The molecule has 1 heterocycles. The maximum atomic E-state index is 12.0. The van der Waals surface area contributed by atoms with Crippen LogP contribution >= 0.6 is 0 Å². The quantitative estimate of drug-likeness (QED) is 0.691. The molecular weight excluding hydrogens is 400 g/mol. The number of aliphatic hydroxyl groups excluding tert-OH is 1. The summed E-state index contributed by atoms with van der Waals surface area (Å²) in [6, 6.07) is 10.2. The maximum Gasteiger partial charge on any atom is 0.412 e. The minimum atomic E-state index is -3.57. The molecule has 2 aromatic carbocycles. The molecule has 9 nitrogen and oxygen atoms in total. The van der Waals surface area contributed by atoms with Gasteiger partial charge in [-0.05, 0) is 42.3 Å². The minimum Gasteiger partial charge on any atom is -0.465 e. The Morgan fingerprint density at radius 1 is 1.00 bits per heavy atom. The number of rotatable bonds is 4. The van der Waals surface area contributed by atoms with E-state index in [-0.39, 0.29) is 28.6 Å². The van der Waals surface area contributed by atoms with E-state index in [1.165, 1.54) is 12.1 Å². The molecule has 0 aliphatic carbocycles. The Balaban J connectivity index is 2.04. The molecule has 0 radical (unpaired) electrons. The summed E-state index contributed by atoms with van der Waals surface area (Å²) >= 11 is 0. The Bertz CT molecular complexity index is 1050. The molecule has 0 saturated heterocycles. The van der Waals surface area contributed by atoms with E-state index in [9.17, 15) is 28.2 Å². The second-order valence-corrected chi connectivity index (χ2v) is 8.77. The zero-order valence-corrected chi connectivity index (χ0v) is 16.3. The molecule has 1 aliphatic rings. The highest BCUT2D eigenvalue weighted by Crippen LogP contribution is 2.39. The first-order valence-corrected chi connectivity index (χ1v) is 10.4. The summed E-state index contributed by atoms with van der Waals surface area (Å²) in [4.78, 5) is 25.6. The predicted molar refractivity (Wildman–Crippen MR) is 106 cm³/mol. The van der Waals surface area contributed by atoms with E-state index in [0.29, 0.717) is 11.1 Å². The number of aliphatic hydroxyl groups is 1. The van der Waals surface area contributed by atoms with Crippen LogP contribution in [0.25, 0.3) is 11.1 Å². The van der Waals surface area contributed by atoms with Crippen LogP contribution in [0.3, 0.4) is 0 Å². The van der Waals surface area contributed by atoms with E-state index in [0.717, 1.165) is 9.80 Å². The Morgan fingerprint density at radius 3 is 2.17 bits per heavy atom. The summed E-state index contributed by atoms with van der Waals surface area (Å²) in [5.41, 5.74) is 1.76. The highest BCUT2D eigenvalue weighted by Gasteiger charge is 2.35. The lowest BCUT2D eigenvalue weighted by atomic mass is 10.0. The summed E-state index contributed by atoms with van der Waals surface area (Å²) in [5.74, 6) is -0.373. The minimum absolute atomic E-state index is 0.00354. The lowest BCUT2D eigenvalue weighted by Crippen LogP contribution is -2.51. The third-order valence-electron chi connectivity index (χ3n) is 4.76. The van der Waals surface area contributed by atoms with E-state index >= 15 is 0 Å². The molecular formula is C19H20N2O7S. The Morgan fingerprint density at radius 2 is 1.62 bits per heavy atom. The van der Waals surface area contributed by atoms with E-state index in [2.05, 4.69) is 0 Å². The second kappa shape index (κ2) is 7.72. The van der Waals surface area contributed by atoms with Gasteiger partial charge in [0.15, 0.2) is 9.84 Å². The van der Waals surface area contributed by atoms with Crippen LogP contribution in [0.2, 0.25) is 0 Å². The first-order valence-electron chi connectivity index (χ1n) is 8.76.